The van der Waals surface area contributed by atoms with Crippen LogP contribution in [0.5, 0.6) is 11.5 Å². The second kappa shape index (κ2) is 10.4. The van der Waals surface area contributed by atoms with Gasteiger partial charge in [-0.3, -0.25) is 0 Å². The molecule has 0 aliphatic rings. The summed E-state index contributed by atoms with van der Waals surface area (Å²) in [5, 5.41) is 12.5. The Morgan fingerprint density at radius 1 is 1.10 bits per heavy atom. The van der Waals surface area contributed by atoms with Gasteiger partial charge in [0.25, 0.3) is 0 Å². The first-order valence-electron chi connectivity index (χ1n) is 8.47. The molecular weight excluding hydrogens is 391 g/mol. The van der Waals surface area contributed by atoms with E-state index < -0.39 is 29.5 Å². The van der Waals surface area contributed by atoms with E-state index in [2.05, 4.69) is 10.1 Å². The number of carbonyl (C=O) groups is 1. The molecule has 1 atom stereocenters. The van der Waals surface area contributed by atoms with Crippen LogP contribution in [0.4, 0.5) is 18.9 Å². The third-order valence-electron chi connectivity index (χ3n) is 3.77. The van der Waals surface area contributed by atoms with Crippen molar-refractivity contribution in [2.45, 2.75) is 6.10 Å². The summed E-state index contributed by atoms with van der Waals surface area (Å²) in [4.78, 5) is 11.1. The standard InChI is InChI=1S/C20H20F3NO5/c1-27-19-7-12(4-6-20(26)28-2)3-5-18(19)29-11-13(25)10-24-17-9-15(22)14(21)8-16(17)23/h3-9,13,24-25H,10-11H2,1-2H3/b6-4+. The highest BCUT2D eigenvalue weighted by atomic mass is 19.2. The monoisotopic (exact) mass is 411 g/mol. The van der Waals surface area contributed by atoms with E-state index in [9.17, 15) is 23.1 Å². The molecule has 0 bridgehead atoms. The van der Waals surface area contributed by atoms with Gasteiger partial charge in [-0.15, -0.1) is 0 Å². The highest BCUT2D eigenvalue weighted by Gasteiger charge is 2.13. The van der Waals surface area contributed by atoms with Gasteiger partial charge in [0.15, 0.2) is 23.1 Å². The van der Waals surface area contributed by atoms with Crippen LogP contribution in [-0.4, -0.2) is 44.6 Å². The van der Waals surface area contributed by atoms with E-state index in [-0.39, 0.29) is 18.8 Å². The van der Waals surface area contributed by atoms with Crippen LogP contribution in [-0.2, 0) is 9.53 Å². The van der Waals surface area contributed by atoms with Crippen molar-refractivity contribution in [3.63, 3.8) is 0 Å². The second-order valence-corrected chi connectivity index (χ2v) is 5.86. The number of aliphatic hydroxyl groups is 1. The number of rotatable bonds is 9. The maximum Gasteiger partial charge on any atom is 0.330 e. The van der Waals surface area contributed by atoms with Gasteiger partial charge in [0.05, 0.1) is 19.9 Å². The molecule has 0 radical (unpaired) electrons. The predicted octanol–water partition coefficient (Wildman–Crippen LogP) is 3.15. The molecule has 2 N–H and O–H groups in total. The third kappa shape index (κ3) is 6.42. The Labute approximate surface area is 165 Å². The fourth-order valence-corrected chi connectivity index (χ4v) is 2.27. The topological polar surface area (TPSA) is 77.0 Å². The largest absolute Gasteiger partial charge is 0.493 e. The molecule has 0 fully saturated rings. The van der Waals surface area contributed by atoms with E-state index in [0.29, 0.717) is 29.2 Å². The molecule has 2 aromatic rings. The Hall–Kier alpha value is -3.20. The van der Waals surface area contributed by atoms with Crippen LogP contribution in [0.2, 0.25) is 0 Å². The van der Waals surface area contributed by atoms with Gasteiger partial charge < -0.3 is 24.6 Å². The maximum absolute atomic E-state index is 13.6. The molecule has 0 heterocycles. The van der Waals surface area contributed by atoms with Crippen molar-refractivity contribution in [1.29, 1.82) is 0 Å². The zero-order chi connectivity index (χ0) is 21.4. The number of benzene rings is 2. The fourth-order valence-electron chi connectivity index (χ4n) is 2.27. The number of esters is 1. The maximum atomic E-state index is 13.6. The number of carbonyl (C=O) groups excluding carboxylic acids is 1. The van der Waals surface area contributed by atoms with Crippen molar-refractivity contribution in [1.82, 2.24) is 0 Å². The zero-order valence-electron chi connectivity index (χ0n) is 15.7. The smallest absolute Gasteiger partial charge is 0.330 e. The van der Waals surface area contributed by atoms with Crippen LogP contribution < -0.4 is 14.8 Å². The molecule has 0 saturated carbocycles. The van der Waals surface area contributed by atoms with E-state index in [4.69, 9.17) is 9.47 Å². The molecule has 0 aromatic heterocycles. The van der Waals surface area contributed by atoms with Crippen molar-refractivity contribution in [2.75, 3.05) is 32.7 Å². The minimum Gasteiger partial charge on any atom is -0.493 e. The number of nitrogens with one attached hydrogen (secondary N) is 1. The molecule has 9 heteroatoms. The number of halogens is 3. The van der Waals surface area contributed by atoms with E-state index in [1.165, 1.54) is 26.4 Å². The van der Waals surface area contributed by atoms with Crippen LogP contribution in [0, 0.1) is 17.5 Å². The molecule has 2 aromatic carbocycles. The molecular formula is C20H20F3NO5. The zero-order valence-corrected chi connectivity index (χ0v) is 15.7. The fraction of sp³-hybridized carbons (Fsp3) is 0.250. The van der Waals surface area contributed by atoms with Crippen molar-refractivity contribution >= 4 is 17.7 Å². The molecule has 6 nitrogen and oxygen atoms in total. The first kappa shape index (κ1) is 22.1. The second-order valence-electron chi connectivity index (χ2n) is 5.86. The lowest BCUT2D eigenvalue weighted by molar-refractivity contribution is -0.134. The number of aliphatic hydroxyl groups excluding tert-OH is 1. The van der Waals surface area contributed by atoms with Gasteiger partial charge in [0.2, 0.25) is 0 Å². The van der Waals surface area contributed by atoms with Gasteiger partial charge in [0, 0.05) is 24.8 Å². The summed E-state index contributed by atoms with van der Waals surface area (Å²) < 4.78 is 54.9. The van der Waals surface area contributed by atoms with Crippen LogP contribution in [0.15, 0.2) is 36.4 Å². The number of methoxy groups -OCH3 is 2. The molecule has 156 valence electrons. The van der Waals surface area contributed by atoms with Crippen LogP contribution >= 0.6 is 0 Å². The quantitative estimate of drug-likeness (QED) is 0.375. The summed E-state index contributed by atoms with van der Waals surface area (Å²) in [5.41, 5.74) is 0.387. The van der Waals surface area contributed by atoms with Gasteiger partial charge in [-0.25, -0.2) is 18.0 Å². The lowest BCUT2D eigenvalue weighted by Gasteiger charge is -2.16. The van der Waals surface area contributed by atoms with E-state index in [1.54, 1.807) is 18.2 Å². The number of ether oxygens (including phenoxy) is 3. The molecule has 0 aliphatic heterocycles. The minimum atomic E-state index is -1.30. The number of hydrogen-bond donors (Lipinski definition) is 2. The normalized spacial score (nSPS) is 11.9. The van der Waals surface area contributed by atoms with E-state index in [1.807, 2.05) is 0 Å². The summed E-state index contributed by atoms with van der Waals surface area (Å²) in [7, 11) is 2.70. The first-order chi connectivity index (χ1) is 13.8. The average Bonchev–Trinajstić information content (AvgIpc) is 2.72. The number of anilines is 1. The Balaban J connectivity index is 1.94. The summed E-state index contributed by atoms with van der Waals surface area (Å²) in [6.45, 7) is -0.337. The molecule has 0 saturated heterocycles. The summed E-state index contributed by atoms with van der Waals surface area (Å²) in [5.74, 6) is -3.28. The molecule has 0 amide bonds. The van der Waals surface area contributed by atoms with Gasteiger partial charge in [-0.2, -0.15) is 0 Å². The summed E-state index contributed by atoms with van der Waals surface area (Å²) in [6, 6.07) is 5.96. The minimum absolute atomic E-state index is 0.162. The summed E-state index contributed by atoms with van der Waals surface area (Å²) >= 11 is 0. The highest BCUT2D eigenvalue weighted by Crippen LogP contribution is 2.28. The average molecular weight is 411 g/mol. The van der Waals surface area contributed by atoms with E-state index >= 15 is 0 Å². The van der Waals surface area contributed by atoms with Crippen molar-refractivity contribution in [3.05, 3.63) is 59.4 Å². The lowest BCUT2D eigenvalue weighted by atomic mass is 10.2. The SMILES string of the molecule is COC(=O)/C=C/c1ccc(OCC(O)CNc2cc(F)c(F)cc2F)c(OC)c1. The third-order valence-corrected chi connectivity index (χ3v) is 3.77. The first-order valence-corrected chi connectivity index (χ1v) is 8.47. The highest BCUT2D eigenvalue weighted by molar-refractivity contribution is 5.87. The Bertz CT molecular complexity index is 889. The van der Waals surface area contributed by atoms with Crippen molar-refractivity contribution < 1.29 is 37.3 Å². The number of hydrogen-bond acceptors (Lipinski definition) is 6. The van der Waals surface area contributed by atoms with E-state index in [0.717, 1.165) is 0 Å². The van der Waals surface area contributed by atoms with Gasteiger partial charge >= 0.3 is 5.97 Å². The van der Waals surface area contributed by atoms with Crippen LogP contribution in [0.25, 0.3) is 6.08 Å². The van der Waals surface area contributed by atoms with Gasteiger partial charge in [-0.05, 0) is 23.8 Å². The molecule has 2 rings (SSSR count). The van der Waals surface area contributed by atoms with Crippen LogP contribution in [0.1, 0.15) is 5.56 Å². The van der Waals surface area contributed by atoms with Gasteiger partial charge in [-0.1, -0.05) is 6.07 Å². The van der Waals surface area contributed by atoms with Crippen molar-refractivity contribution in [3.8, 4) is 11.5 Å². The molecule has 0 aliphatic carbocycles. The lowest BCUT2D eigenvalue weighted by Crippen LogP contribution is -2.26. The molecule has 29 heavy (non-hydrogen) atoms. The van der Waals surface area contributed by atoms with Crippen LogP contribution in [0.3, 0.4) is 0 Å². The summed E-state index contributed by atoms with van der Waals surface area (Å²) in [6.07, 6.45) is 1.71. The Kier molecular flexibility index (Phi) is 7.90. The molecule has 0 spiro atoms. The predicted molar refractivity (Wildman–Crippen MR) is 100 cm³/mol. The van der Waals surface area contributed by atoms with Gasteiger partial charge in [0.1, 0.15) is 18.5 Å². The Morgan fingerprint density at radius 3 is 2.52 bits per heavy atom. The van der Waals surface area contributed by atoms with Crippen molar-refractivity contribution in [2.24, 2.45) is 0 Å². The molecule has 1 unspecified atom stereocenters. The Morgan fingerprint density at radius 2 is 1.83 bits per heavy atom.